The molecule has 1 saturated heterocycles. The standard InChI is InChI=1S/C22H20F2N4O4S/c23-17-8-5-14(10-18(17)24)26-21(30)22-28-27-19(33-22)12-32-15-6-3-13(4-7-15)20(29)25-11-16-2-1-9-31-16/h3-8,10,16H,1-2,9,11-12H2,(H,25,29)(H,26,30). The number of benzene rings is 2. The van der Waals surface area contributed by atoms with E-state index in [4.69, 9.17) is 9.47 Å². The molecule has 2 heterocycles. The Balaban J connectivity index is 1.26. The van der Waals surface area contributed by atoms with Gasteiger partial charge in [0, 0.05) is 30.5 Å². The highest BCUT2D eigenvalue weighted by atomic mass is 32.1. The molecule has 8 nitrogen and oxygen atoms in total. The Hall–Kier alpha value is -3.44. The molecule has 2 aromatic carbocycles. The molecule has 1 aromatic heterocycles. The molecule has 1 fully saturated rings. The highest BCUT2D eigenvalue weighted by Gasteiger charge is 2.17. The van der Waals surface area contributed by atoms with E-state index in [1.807, 2.05) is 0 Å². The van der Waals surface area contributed by atoms with E-state index >= 15 is 0 Å². The van der Waals surface area contributed by atoms with Crippen molar-refractivity contribution >= 4 is 28.8 Å². The molecular weight excluding hydrogens is 454 g/mol. The van der Waals surface area contributed by atoms with Crippen LogP contribution < -0.4 is 15.4 Å². The minimum absolute atomic E-state index is 0.0524. The van der Waals surface area contributed by atoms with Crippen LogP contribution in [0, 0.1) is 11.6 Å². The van der Waals surface area contributed by atoms with Crippen molar-refractivity contribution in [3.05, 3.63) is 69.7 Å². The van der Waals surface area contributed by atoms with Gasteiger partial charge in [0.2, 0.25) is 5.01 Å². The first-order valence-electron chi connectivity index (χ1n) is 10.2. The van der Waals surface area contributed by atoms with Gasteiger partial charge in [0.1, 0.15) is 12.4 Å². The zero-order chi connectivity index (χ0) is 23.2. The lowest BCUT2D eigenvalue weighted by molar-refractivity contribution is 0.0857. The summed E-state index contributed by atoms with van der Waals surface area (Å²) in [6, 6.07) is 9.68. The molecule has 0 aliphatic carbocycles. The third kappa shape index (κ3) is 6.08. The van der Waals surface area contributed by atoms with Crippen LogP contribution >= 0.6 is 11.3 Å². The fourth-order valence-electron chi connectivity index (χ4n) is 3.12. The lowest BCUT2D eigenvalue weighted by Gasteiger charge is -2.11. The van der Waals surface area contributed by atoms with Crippen molar-refractivity contribution in [1.29, 1.82) is 0 Å². The Bertz CT molecular complexity index is 1130. The number of rotatable bonds is 8. The van der Waals surface area contributed by atoms with E-state index in [1.54, 1.807) is 24.3 Å². The average Bonchev–Trinajstić information content (AvgIpc) is 3.51. The summed E-state index contributed by atoms with van der Waals surface area (Å²) >= 11 is 1.01. The summed E-state index contributed by atoms with van der Waals surface area (Å²) < 4.78 is 37.4. The molecular formula is C22H20F2N4O4S. The molecule has 4 rings (SSSR count). The topological polar surface area (TPSA) is 102 Å². The minimum atomic E-state index is -1.06. The Morgan fingerprint density at radius 2 is 1.91 bits per heavy atom. The zero-order valence-corrected chi connectivity index (χ0v) is 18.2. The van der Waals surface area contributed by atoms with Crippen LogP contribution in [0.25, 0.3) is 0 Å². The van der Waals surface area contributed by atoms with E-state index in [0.717, 1.165) is 42.9 Å². The lowest BCUT2D eigenvalue weighted by Crippen LogP contribution is -2.31. The first-order valence-corrected chi connectivity index (χ1v) is 11.0. The number of halogens is 2. The van der Waals surface area contributed by atoms with Gasteiger partial charge in [0.25, 0.3) is 11.8 Å². The first-order chi connectivity index (χ1) is 16.0. The van der Waals surface area contributed by atoms with Gasteiger partial charge in [0.05, 0.1) is 6.10 Å². The predicted molar refractivity (Wildman–Crippen MR) is 116 cm³/mol. The summed E-state index contributed by atoms with van der Waals surface area (Å²) in [6.07, 6.45) is 2.04. The maximum Gasteiger partial charge on any atom is 0.286 e. The number of carbonyl (C=O) groups is 2. The highest BCUT2D eigenvalue weighted by molar-refractivity contribution is 7.13. The van der Waals surface area contributed by atoms with Crippen LogP contribution in [0.15, 0.2) is 42.5 Å². The fourth-order valence-corrected chi connectivity index (χ4v) is 3.77. The SMILES string of the molecule is O=C(NCC1CCCO1)c1ccc(OCc2nnc(C(=O)Nc3ccc(F)c(F)c3)s2)cc1. The molecule has 0 bridgehead atoms. The summed E-state index contributed by atoms with van der Waals surface area (Å²) in [5.41, 5.74) is 0.610. The normalized spacial score (nSPS) is 15.3. The van der Waals surface area contributed by atoms with Crippen molar-refractivity contribution in [2.24, 2.45) is 0 Å². The number of hydrogen-bond acceptors (Lipinski definition) is 7. The van der Waals surface area contributed by atoms with Crippen LogP contribution in [0.5, 0.6) is 5.75 Å². The summed E-state index contributed by atoms with van der Waals surface area (Å²) in [5.74, 6) is -2.32. The molecule has 2 N–H and O–H groups in total. The molecule has 0 spiro atoms. The minimum Gasteiger partial charge on any atom is -0.486 e. The number of ether oxygens (including phenoxy) is 2. The molecule has 1 atom stereocenters. The van der Waals surface area contributed by atoms with Crippen molar-refractivity contribution in [2.45, 2.75) is 25.6 Å². The Labute approximate surface area is 191 Å². The number of nitrogens with zero attached hydrogens (tertiary/aromatic N) is 2. The Kier molecular flexibility index (Phi) is 7.20. The van der Waals surface area contributed by atoms with Crippen LogP contribution in [0.2, 0.25) is 0 Å². The van der Waals surface area contributed by atoms with E-state index in [1.165, 1.54) is 6.07 Å². The number of nitrogens with one attached hydrogen (secondary N) is 2. The third-order valence-electron chi connectivity index (χ3n) is 4.83. The third-order valence-corrected chi connectivity index (χ3v) is 5.73. The van der Waals surface area contributed by atoms with Crippen molar-refractivity contribution in [1.82, 2.24) is 15.5 Å². The number of anilines is 1. The molecule has 1 aliphatic heterocycles. The van der Waals surface area contributed by atoms with Crippen LogP contribution in [0.1, 0.15) is 38.0 Å². The van der Waals surface area contributed by atoms with Crippen molar-refractivity contribution < 1.29 is 27.8 Å². The van der Waals surface area contributed by atoms with Gasteiger partial charge in [-0.15, -0.1) is 10.2 Å². The van der Waals surface area contributed by atoms with Gasteiger partial charge in [-0.1, -0.05) is 11.3 Å². The van der Waals surface area contributed by atoms with E-state index in [9.17, 15) is 18.4 Å². The summed E-state index contributed by atoms with van der Waals surface area (Å²) in [4.78, 5) is 24.5. The van der Waals surface area contributed by atoms with Crippen LogP contribution in [-0.4, -0.2) is 41.3 Å². The van der Waals surface area contributed by atoms with Gasteiger partial charge in [-0.3, -0.25) is 9.59 Å². The van der Waals surface area contributed by atoms with E-state index in [0.29, 0.717) is 22.9 Å². The van der Waals surface area contributed by atoms with Gasteiger partial charge < -0.3 is 20.1 Å². The molecule has 0 saturated carbocycles. The zero-order valence-electron chi connectivity index (χ0n) is 17.3. The van der Waals surface area contributed by atoms with Crippen molar-refractivity contribution in [2.75, 3.05) is 18.5 Å². The second kappa shape index (κ2) is 10.5. The Morgan fingerprint density at radius 1 is 1.09 bits per heavy atom. The Morgan fingerprint density at radius 3 is 2.64 bits per heavy atom. The van der Waals surface area contributed by atoms with Gasteiger partial charge in [-0.2, -0.15) is 0 Å². The molecule has 33 heavy (non-hydrogen) atoms. The maximum atomic E-state index is 13.3. The second-order valence-corrected chi connectivity index (χ2v) is 8.30. The largest absolute Gasteiger partial charge is 0.486 e. The van der Waals surface area contributed by atoms with Gasteiger partial charge in [-0.05, 0) is 49.2 Å². The second-order valence-electron chi connectivity index (χ2n) is 7.24. The quantitative estimate of drug-likeness (QED) is 0.518. The molecule has 172 valence electrons. The molecule has 11 heteroatoms. The fraction of sp³-hybridized carbons (Fsp3) is 0.273. The molecule has 0 radical (unpaired) electrons. The van der Waals surface area contributed by atoms with E-state index in [2.05, 4.69) is 20.8 Å². The molecule has 3 aromatic rings. The van der Waals surface area contributed by atoms with Crippen molar-refractivity contribution in [3.8, 4) is 5.75 Å². The molecule has 2 amide bonds. The molecule has 1 unspecified atom stereocenters. The number of aromatic nitrogens is 2. The van der Waals surface area contributed by atoms with Crippen LogP contribution in [0.3, 0.4) is 0 Å². The molecule has 1 aliphatic rings. The van der Waals surface area contributed by atoms with Gasteiger partial charge >= 0.3 is 0 Å². The van der Waals surface area contributed by atoms with E-state index < -0.39 is 17.5 Å². The summed E-state index contributed by atoms with van der Waals surface area (Å²) in [7, 11) is 0. The first kappa shape index (κ1) is 22.7. The van der Waals surface area contributed by atoms with Gasteiger partial charge in [0.15, 0.2) is 16.6 Å². The number of carbonyl (C=O) groups excluding carboxylic acids is 2. The van der Waals surface area contributed by atoms with Crippen molar-refractivity contribution in [3.63, 3.8) is 0 Å². The predicted octanol–water partition coefficient (Wildman–Crippen LogP) is 3.56. The van der Waals surface area contributed by atoms with E-state index in [-0.39, 0.29) is 29.3 Å². The number of hydrogen-bond donors (Lipinski definition) is 2. The lowest BCUT2D eigenvalue weighted by atomic mass is 10.2. The highest BCUT2D eigenvalue weighted by Crippen LogP contribution is 2.19. The van der Waals surface area contributed by atoms with Crippen LogP contribution in [0.4, 0.5) is 14.5 Å². The monoisotopic (exact) mass is 474 g/mol. The summed E-state index contributed by atoms with van der Waals surface area (Å²) in [5, 5.41) is 13.5. The average molecular weight is 474 g/mol. The number of amides is 2. The summed E-state index contributed by atoms with van der Waals surface area (Å²) in [6.45, 7) is 1.29. The van der Waals surface area contributed by atoms with Gasteiger partial charge in [-0.25, -0.2) is 8.78 Å². The maximum absolute atomic E-state index is 13.3. The smallest absolute Gasteiger partial charge is 0.286 e. The van der Waals surface area contributed by atoms with Crippen LogP contribution in [-0.2, 0) is 11.3 Å².